The normalized spacial score (nSPS) is 17.5. The molecule has 0 aliphatic carbocycles. The van der Waals surface area contributed by atoms with E-state index in [4.69, 9.17) is 9.47 Å². The van der Waals surface area contributed by atoms with Crippen LogP contribution < -0.4 is 10.1 Å². The Morgan fingerprint density at radius 3 is 2.86 bits per heavy atom. The summed E-state index contributed by atoms with van der Waals surface area (Å²) in [6, 6.07) is 1.67. The van der Waals surface area contributed by atoms with Gasteiger partial charge in [0.2, 0.25) is 11.8 Å². The average Bonchev–Trinajstić information content (AvgIpc) is 2.46. The van der Waals surface area contributed by atoms with E-state index in [1.165, 1.54) is 0 Å². The van der Waals surface area contributed by atoms with Crippen molar-refractivity contribution in [2.24, 2.45) is 5.41 Å². The molecule has 1 saturated heterocycles. The van der Waals surface area contributed by atoms with E-state index < -0.39 is 11.4 Å². The van der Waals surface area contributed by atoms with E-state index in [0.717, 1.165) is 0 Å². The molecule has 0 spiro atoms. The summed E-state index contributed by atoms with van der Waals surface area (Å²) in [5.41, 5.74) is -0.823. The minimum absolute atomic E-state index is 0.0219. The van der Waals surface area contributed by atoms with Crippen molar-refractivity contribution in [2.75, 3.05) is 25.1 Å². The molecule has 2 heterocycles. The number of anilines is 1. The molecule has 1 fully saturated rings. The Balaban J connectivity index is 2.02. The average molecular weight is 295 g/mol. The molecule has 7 nitrogen and oxygen atoms in total. The Kier molecular flexibility index (Phi) is 4.95. The van der Waals surface area contributed by atoms with Crippen LogP contribution in [0.3, 0.4) is 0 Å². The minimum Gasteiger partial charge on any atom is -0.481 e. The molecule has 1 aliphatic rings. The Labute approximate surface area is 123 Å². The number of carboxylic acid groups (broad SMARTS) is 1. The Bertz CT molecular complexity index is 487. The number of carboxylic acids is 1. The van der Waals surface area contributed by atoms with Gasteiger partial charge in [0, 0.05) is 32.0 Å². The highest BCUT2D eigenvalue weighted by Gasteiger charge is 2.40. The zero-order valence-corrected chi connectivity index (χ0v) is 12.3. The van der Waals surface area contributed by atoms with E-state index in [0.29, 0.717) is 37.9 Å². The molecule has 0 amide bonds. The zero-order chi connectivity index (χ0) is 15.3. The summed E-state index contributed by atoms with van der Waals surface area (Å²) >= 11 is 0. The summed E-state index contributed by atoms with van der Waals surface area (Å²) < 4.78 is 10.7. The summed E-state index contributed by atoms with van der Waals surface area (Å²) in [7, 11) is 0. The maximum absolute atomic E-state index is 11.5. The van der Waals surface area contributed by atoms with Gasteiger partial charge < -0.3 is 19.9 Å². The summed E-state index contributed by atoms with van der Waals surface area (Å²) in [6.07, 6.45) is 2.58. The van der Waals surface area contributed by atoms with Gasteiger partial charge in [0.25, 0.3) is 0 Å². The molecular weight excluding hydrogens is 274 g/mol. The maximum Gasteiger partial charge on any atom is 0.311 e. The topological polar surface area (TPSA) is 93.6 Å². The molecule has 1 aromatic rings. The second kappa shape index (κ2) is 6.71. The molecule has 0 bridgehead atoms. The highest BCUT2D eigenvalue weighted by Crippen LogP contribution is 2.31. The van der Waals surface area contributed by atoms with Gasteiger partial charge in [0.15, 0.2) is 0 Å². The number of hydrogen-bond acceptors (Lipinski definition) is 6. The summed E-state index contributed by atoms with van der Waals surface area (Å²) in [4.78, 5) is 19.9. The van der Waals surface area contributed by atoms with Gasteiger partial charge in [0.05, 0.1) is 11.5 Å². The summed E-state index contributed by atoms with van der Waals surface area (Å²) in [5, 5.41) is 12.5. The summed E-state index contributed by atoms with van der Waals surface area (Å²) in [5.74, 6) is 0.0343. The highest BCUT2D eigenvalue weighted by atomic mass is 16.5. The highest BCUT2D eigenvalue weighted by molar-refractivity contribution is 5.75. The lowest BCUT2D eigenvalue weighted by atomic mass is 9.80. The van der Waals surface area contributed by atoms with E-state index in [9.17, 15) is 9.90 Å². The van der Waals surface area contributed by atoms with Crippen molar-refractivity contribution in [1.29, 1.82) is 0 Å². The van der Waals surface area contributed by atoms with Crippen LogP contribution in [0, 0.1) is 5.41 Å². The van der Waals surface area contributed by atoms with Crippen molar-refractivity contribution >= 4 is 11.9 Å². The molecule has 0 saturated carbocycles. The standard InChI is InChI=1S/C14H21N3O4/c1-10(2)21-11-3-6-15-13(17-11)16-9-14(12(18)19)4-7-20-8-5-14/h3,6,10H,4-5,7-9H2,1-2H3,(H,18,19)(H,15,16,17). The fraction of sp³-hybridized carbons (Fsp3) is 0.643. The third kappa shape index (κ3) is 4.04. The van der Waals surface area contributed by atoms with Crippen LogP contribution in [0.15, 0.2) is 12.3 Å². The van der Waals surface area contributed by atoms with Gasteiger partial charge in [-0.1, -0.05) is 0 Å². The number of ether oxygens (including phenoxy) is 2. The minimum atomic E-state index is -0.823. The van der Waals surface area contributed by atoms with Crippen molar-refractivity contribution in [3.05, 3.63) is 12.3 Å². The predicted molar refractivity (Wildman–Crippen MR) is 76.4 cm³/mol. The number of carbonyl (C=O) groups is 1. The number of aromatic nitrogens is 2. The van der Waals surface area contributed by atoms with Gasteiger partial charge in [-0.2, -0.15) is 4.98 Å². The predicted octanol–water partition coefficient (Wildman–Crippen LogP) is 1.56. The van der Waals surface area contributed by atoms with Crippen molar-refractivity contribution in [1.82, 2.24) is 9.97 Å². The first kappa shape index (κ1) is 15.5. The zero-order valence-electron chi connectivity index (χ0n) is 12.3. The Morgan fingerprint density at radius 2 is 2.24 bits per heavy atom. The van der Waals surface area contributed by atoms with Crippen molar-refractivity contribution in [3.63, 3.8) is 0 Å². The van der Waals surface area contributed by atoms with Crippen molar-refractivity contribution in [3.8, 4) is 5.88 Å². The van der Waals surface area contributed by atoms with Gasteiger partial charge in [-0.15, -0.1) is 0 Å². The van der Waals surface area contributed by atoms with Crippen LogP contribution in [0.4, 0.5) is 5.95 Å². The van der Waals surface area contributed by atoms with Crippen LogP contribution in [0.25, 0.3) is 0 Å². The van der Waals surface area contributed by atoms with Crippen molar-refractivity contribution in [2.45, 2.75) is 32.8 Å². The van der Waals surface area contributed by atoms with Gasteiger partial charge >= 0.3 is 5.97 Å². The van der Waals surface area contributed by atoms with Gasteiger partial charge in [-0.3, -0.25) is 4.79 Å². The van der Waals surface area contributed by atoms with Gasteiger partial charge in [0.1, 0.15) is 0 Å². The lowest BCUT2D eigenvalue weighted by Crippen LogP contribution is -2.42. The molecule has 116 valence electrons. The lowest BCUT2D eigenvalue weighted by Gasteiger charge is -2.33. The third-order valence-corrected chi connectivity index (χ3v) is 3.47. The largest absolute Gasteiger partial charge is 0.481 e. The summed E-state index contributed by atoms with van der Waals surface area (Å²) in [6.45, 7) is 5.03. The van der Waals surface area contributed by atoms with E-state index in [-0.39, 0.29) is 12.6 Å². The van der Waals surface area contributed by atoms with E-state index in [1.807, 2.05) is 13.8 Å². The van der Waals surface area contributed by atoms with Crippen LogP contribution in [0.1, 0.15) is 26.7 Å². The molecule has 1 aliphatic heterocycles. The van der Waals surface area contributed by atoms with E-state index in [2.05, 4.69) is 15.3 Å². The number of nitrogens with one attached hydrogen (secondary N) is 1. The van der Waals surface area contributed by atoms with Crippen molar-refractivity contribution < 1.29 is 19.4 Å². The Morgan fingerprint density at radius 1 is 1.52 bits per heavy atom. The molecule has 7 heteroatoms. The first-order valence-corrected chi connectivity index (χ1v) is 7.06. The molecule has 0 aromatic carbocycles. The first-order chi connectivity index (χ1) is 10.0. The SMILES string of the molecule is CC(C)Oc1ccnc(NCC2(C(=O)O)CCOCC2)n1. The number of nitrogens with zero attached hydrogens (tertiary/aromatic N) is 2. The number of rotatable bonds is 6. The van der Waals surface area contributed by atoms with Crippen LogP contribution in [0.2, 0.25) is 0 Å². The molecule has 2 rings (SSSR count). The lowest BCUT2D eigenvalue weighted by molar-refractivity contribution is -0.153. The molecule has 0 unspecified atom stereocenters. The second-order valence-corrected chi connectivity index (χ2v) is 5.44. The fourth-order valence-electron chi connectivity index (χ4n) is 2.21. The van der Waals surface area contributed by atoms with Crippen LogP contribution >= 0.6 is 0 Å². The molecule has 2 N–H and O–H groups in total. The monoisotopic (exact) mass is 295 g/mol. The molecule has 21 heavy (non-hydrogen) atoms. The molecule has 0 atom stereocenters. The smallest absolute Gasteiger partial charge is 0.311 e. The Hall–Kier alpha value is -1.89. The van der Waals surface area contributed by atoms with Crippen LogP contribution in [-0.2, 0) is 9.53 Å². The fourth-order valence-corrected chi connectivity index (χ4v) is 2.21. The first-order valence-electron chi connectivity index (χ1n) is 7.06. The van der Waals surface area contributed by atoms with Gasteiger partial charge in [-0.25, -0.2) is 4.98 Å². The number of hydrogen-bond donors (Lipinski definition) is 2. The molecular formula is C14H21N3O4. The van der Waals surface area contributed by atoms with Crippen LogP contribution in [0.5, 0.6) is 5.88 Å². The quantitative estimate of drug-likeness (QED) is 0.822. The maximum atomic E-state index is 11.5. The van der Waals surface area contributed by atoms with E-state index in [1.54, 1.807) is 12.3 Å². The van der Waals surface area contributed by atoms with Gasteiger partial charge in [-0.05, 0) is 26.7 Å². The molecule has 1 aromatic heterocycles. The molecule has 0 radical (unpaired) electrons. The van der Waals surface area contributed by atoms with Crippen LogP contribution in [-0.4, -0.2) is 46.9 Å². The number of aliphatic carboxylic acids is 1. The van der Waals surface area contributed by atoms with E-state index >= 15 is 0 Å². The second-order valence-electron chi connectivity index (χ2n) is 5.44. The third-order valence-electron chi connectivity index (χ3n) is 3.47.